The van der Waals surface area contributed by atoms with Crippen molar-refractivity contribution in [1.29, 1.82) is 5.26 Å². The van der Waals surface area contributed by atoms with Crippen LogP contribution in [-0.4, -0.2) is 4.57 Å². The van der Waals surface area contributed by atoms with E-state index in [1.165, 1.54) is 0 Å². The molecule has 4 aromatic rings. The third kappa shape index (κ3) is 1.88. The highest BCUT2D eigenvalue weighted by Crippen LogP contribution is 2.33. The molecule has 0 amide bonds. The summed E-state index contributed by atoms with van der Waals surface area (Å²) in [5.41, 5.74) is 3.90. The summed E-state index contributed by atoms with van der Waals surface area (Å²) in [6.45, 7) is 0. The van der Waals surface area contributed by atoms with Crippen LogP contribution in [0.3, 0.4) is 0 Å². The summed E-state index contributed by atoms with van der Waals surface area (Å²) in [6.07, 6.45) is 0. The van der Waals surface area contributed by atoms with E-state index in [2.05, 4.69) is 22.8 Å². The largest absolute Gasteiger partial charge is 0.309 e. The Morgan fingerprint density at radius 1 is 0.818 bits per heavy atom. The van der Waals surface area contributed by atoms with Crippen molar-refractivity contribution < 1.29 is 0 Å². The number of hydrogen-bond acceptors (Lipinski definition) is 1. The van der Waals surface area contributed by atoms with E-state index in [1.807, 2.05) is 54.6 Å². The van der Waals surface area contributed by atoms with E-state index in [-0.39, 0.29) is 0 Å². The number of aromatic nitrogens is 1. The summed E-state index contributed by atoms with van der Waals surface area (Å²) < 4.78 is 2.20. The molecule has 0 atom stereocenters. The van der Waals surface area contributed by atoms with Gasteiger partial charge in [-0.05, 0) is 48.5 Å². The summed E-state index contributed by atoms with van der Waals surface area (Å²) in [7, 11) is 0. The van der Waals surface area contributed by atoms with Gasteiger partial charge < -0.3 is 4.57 Å². The first-order chi connectivity index (χ1) is 10.8. The molecule has 1 aromatic heterocycles. The van der Waals surface area contributed by atoms with Crippen molar-refractivity contribution in [3.05, 3.63) is 77.3 Å². The van der Waals surface area contributed by atoms with Gasteiger partial charge in [0, 0.05) is 21.5 Å². The Hall–Kier alpha value is -2.76. The Bertz CT molecular complexity index is 1040. The molecule has 0 spiro atoms. The van der Waals surface area contributed by atoms with Crippen molar-refractivity contribution in [2.24, 2.45) is 0 Å². The number of nitriles is 1. The first-order valence-electron chi connectivity index (χ1n) is 6.97. The monoisotopic (exact) mass is 302 g/mol. The lowest BCUT2D eigenvalue weighted by atomic mass is 10.1. The second kappa shape index (κ2) is 4.91. The molecule has 104 valence electrons. The smallest absolute Gasteiger partial charge is 0.0991 e. The number of hydrogen-bond donors (Lipinski definition) is 0. The third-order valence-corrected chi connectivity index (χ3v) is 4.11. The molecule has 2 nitrogen and oxygen atoms in total. The summed E-state index contributed by atoms with van der Waals surface area (Å²) >= 11 is 6.17. The highest BCUT2D eigenvalue weighted by atomic mass is 35.5. The average Bonchev–Trinajstić information content (AvgIpc) is 2.88. The third-order valence-electron chi connectivity index (χ3n) is 3.87. The normalized spacial score (nSPS) is 10.9. The molecule has 1 heterocycles. The maximum Gasteiger partial charge on any atom is 0.0991 e. The number of rotatable bonds is 1. The van der Waals surface area contributed by atoms with Gasteiger partial charge in [0.05, 0.1) is 22.7 Å². The maximum atomic E-state index is 9.16. The molecule has 0 aliphatic rings. The first kappa shape index (κ1) is 12.9. The van der Waals surface area contributed by atoms with Gasteiger partial charge in [-0.1, -0.05) is 29.8 Å². The van der Waals surface area contributed by atoms with Gasteiger partial charge in [-0.15, -0.1) is 0 Å². The molecule has 0 aliphatic carbocycles. The summed E-state index contributed by atoms with van der Waals surface area (Å²) in [6, 6.07) is 24.0. The highest BCUT2D eigenvalue weighted by Gasteiger charge is 2.12. The molecule has 3 aromatic carbocycles. The molecule has 0 fully saturated rings. The molecular weight excluding hydrogens is 292 g/mol. The van der Waals surface area contributed by atoms with E-state index in [0.717, 1.165) is 27.5 Å². The van der Waals surface area contributed by atoms with Crippen LogP contribution in [0, 0.1) is 11.3 Å². The first-order valence-corrected chi connectivity index (χ1v) is 7.35. The van der Waals surface area contributed by atoms with Crippen LogP contribution in [-0.2, 0) is 0 Å². The van der Waals surface area contributed by atoms with Crippen molar-refractivity contribution in [2.75, 3.05) is 0 Å². The molecule has 0 saturated heterocycles. The molecule has 0 aliphatic heterocycles. The SMILES string of the molecule is N#Cc1ccc2c(c1)c1cc(Cl)ccc1n2-c1ccccc1. The Labute approximate surface area is 132 Å². The number of para-hydroxylation sites is 1. The lowest BCUT2D eigenvalue weighted by Gasteiger charge is -2.07. The second-order valence-corrected chi connectivity index (χ2v) is 5.61. The molecule has 4 rings (SSSR count). The molecule has 0 bridgehead atoms. The van der Waals surface area contributed by atoms with Crippen molar-refractivity contribution in [3.63, 3.8) is 0 Å². The summed E-state index contributed by atoms with van der Waals surface area (Å²) in [5.74, 6) is 0. The van der Waals surface area contributed by atoms with Crippen LogP contribution < -0.4 is 0 Å². The zero-order valence-electron chi connectivity index (χ0n) is 11.6. The maximum absolute atomic E-state index is 9.16. The van der Waals surface area contributed by atoms with Crippen LogP contribution in [0.25, 0.3) is 27.5 Å². The van der Waals surface area contributed by atoms with Gasteiger partial charge in [-0.25, -0.2) is 0 Å². The standard InChI is InChI=1S/C19H11ClN2/c20-14-7-9-19-17(11-14)16-10-13(12-21)6-8-18(16)22(19)15-4-2-1-3-5-15/h1-11H. The lowest BCUT2D eigenvalue weighted by molar-refractivity contribution is 1.18. The van der Waals surface area contributed by atoms with Crippen molar-refractivity contribution in [3.8, 4) is 11.8 Å². The van der Waals surface area contributed by atoms with Gasteiger partial charge in [-0.3, -0.25) is 0 Å². The number of nitrogens with zero attached hydrogens (tertiary/aromatic N) is 2. The van der Waals surface area contributed by atoms with Gasteiger partial charge >= 0.3 is 0 Å². The zero-order chi connectivity index (χ0) is 15.1. The minimum absolute atomic E-state index is 0.652. The highest BCUT2D eigenvalue weighted by molar-refractivity contribution is 6.32. The van der Waals surface area contributed by atoms with Gasteiger partial charge in [0.1, 0.15) is 0 Å². The fourth-order valence-electron chi connectivity index (χ4n) is 2.92. The average molecular weight is 303 g/mol. The Kier molecular flexibility index (Phi) is 2.89. The fraction of sp³-hybridized carbons (Fsp3) is 0. The van der Waals surface area contributed by atoms with Gasteiger partial charge in [-0.2, -0.15) is 5.26 Å². The number of halogens is 1. The molecule has 0 radical (unpaired) electrons. The van der Waals surface area contributed by atoms with Crippen molar-refractivity contribution in [1.82, 2.24) is 4.57 Å². The van der Waals surface area contributed by atoms with E-state index in [9.17, 15) is 0 Å². The van der Waals surface area contributed by atoms with Gasteiger partial charge in [0.25, 0.3) is 0 Å². The van der Waals surface area contributed by atoms with Crippen LogP contribution >= 0.6 is 11.6 Å². The van der Waals surface area contributed by atoms with Gasteiger partial charge in [0.2, 0.25) is 0 Å². The number of benzene rings is 3. The van der Waals surface area contributed by atoms with Crippen LogP contribution in [0.2, 0.25) is 5.02 Å². The quantitative estimate of drug-likeness (QED) is 0.468. The van der Waals surface area contributed by atoms with E-state index < -0.39 is 0 Å². The van der Waals surface area contributed by atoms with E-state index >= 15 is 0 Å². The van der Waals surface area contributed by atoms with Crippen LogP contribution in [0.15, 0.2) is 66.7 Å². The molecule has 0 saturated carbocycles. The van der Waals surface area contributed by atoms with Crippen molar-refractivity contribution in [2.45, 2.75) is 0 Å². The minimum Gasteiger partial charge on any atom is -0.309 e. The predicted molar refractivity (Wildman–Crippen MR) is 90.5 cm³/mol. The minimum atomic E-state index is 0.652. The zero-order valence-corrected chi connectivity index (χ0v) is 12.4. The van der Waals surface area contributed by atoms with E-state index in [1.54, 1.807) is 0 Å². The Balaban J connectivity index is 2.21. The fourth-order valence-corrected chi connectivity index (χ4v) is 3.09. The van der Waals surface area contributed by atoms with Crippen molar-refractivity contribution >= 4 is 33.4 Å². The second-order valence-electron chi connectivity index (χ2n) is 5.18. The van der Waals surface area contributed by atoms with Gasteiger partial charge in [0.15, 0.2) is 0 Å². The van der Waals surface area contributed by atoms with Crippen LogP contribution in [0.1, 0.15) is 5.56 Å². The summed E-state index contributed by atoms with van der Waals surface area (Å²) in [5, 5.41) is 12.0. The summed E-state index contributed by atoms with van der Waals surface area (Å²) in [4.78, 5) is 0. The van der Waals surface area contributed by atoms with Crippen LogP contribution in [0.4, 0.5) is 0 Å². The molecular formula is C19H11ClN2. The number of fused-ring (bicyclic) bond motifs is 3. The lowest BCUT2D eigenvalue weighted by Crippen LogP contribution is -1.92. The predicted octanol–water partition coefficient (Wildman–Crippen LogP) is 5.31. The van der Waals surface area contributed by atoms with E-state index in [4.69, 9.17) is 16.9 Å². The molecule has 0 unspecified atom stereocenters. The van der Waals surface area contributed by atoms with Crippen LogP contribution in [0.5, 0.6) is 0 Å². The molecule has 3 heteroatoms. The topological polar surface area (TPSA) is 28.7 Å². The van der Waals surface area contributed by atoms with E-state index in [0.29, 0.717) is 10.6 Å². The molecule has 0 N–H and O–H groups in total. The molecule has 22 heavy (non-hydrogen) atoms. The Morgan fingerprint density at radius 2 is 1.50 bits per heavy atom. The Morgan fingerprint density at radius 3 is 2.23 bits per heavy atom.